The second-order valence-corrected chi connectivity index (χ2v) is 9.50. The van der Waals surface area contributed by atoms with Crippen LogP contribution in [-0.4, -0.2) is 48.9 Å². The van der Waals surface area contributed by atoms with E-state index in [4.69, 9.17) is 4.74 Å². The maximum absolute atomic E-state index is 13.1. The zero-order valence-corrected chi connectivity index (χ0v) is 18.7. The van der Waals surface area contributed by atoms with E-state index in [9.17, 15) is 31.2 Å². The third-order valence-corrected chi connectivity index (χ3v) is 7.08. The zero-order valence-electron chi connectivity index (χ0n) is 17.9. The summed E-state index contributed by atoms with van der Waals surface area (Å²) in [6, 6.07) is 8.90. The van der Waals surface area contributed by atoms with Gasteiger partial charge in [0.25, 0.3) is 15.7 Å². The number of nitrogens with zero attached hydrogens (tertiary/aromatic N) is 3. The molecule has 1 aromatic heterocycles. The summed E-state index contributed by atoms with van der Waals surface area (Å²) in [7, 11) is -4.02. The lowest BCUT2D eigenvalue weighted by Gasteiger charge is -2.20. The molecule has 0 N–H and O–H groups in total. The maximum Gasteiger partial charge on any atom is 0.501 e. The van der Waals surface area contributed by atoms with Crippen LogP contribution in [0.5, 0.6) is 5.75 Å². The molecule has 1 fully saturated rings. The van der Waals surface area contributed by atoms with Crippen LogP contribution < -0.4 is 9.64 Å². The summed E-state index contributed by atoms with van der Waals surface area (Å²) in [6.07, 6.45) is 1.57. The van der Waals surface area contributed by atoms with E-state index in [0.717, 1.165) is 40.1 Å². The predicted molar refractivity (Wildman–Crippen MR) is 116 cm³/mol. The van der Waals surface area contributed by atoms with E-state index in [0.29, 0.717) is 11.3 Å². The second kappa shape index (κ2) is 8.28. The van der Waals surface area contributed by atoms with Gasteiger partial charge >= 0.3 is 11.5 Å². The number of imide groups is 1. The Morgan fingerprint density at radius 2 is 1.74 bits per heavy atom. The number of ether oxygens (including phenoxy) is 1. The second-order valence-electron chi connectivity index (χ2n) is 7.56. The number of fused-ring (bicyclic) bond motifs is 1. The Labute approximate surface area is 192 Å². The number of carbonyl (C=O) groups excluding carboxylic acids is 2. The first kappa shape index (κ1) is 23.5. The van der Waals surface area contributed by atoms with Crippen molar-refractivity contribution in [2.75, 3.05) is 12.0 Å². The molecule has 8 nitrogen and oxygen atoms in total. The van der Waals surface area contributed by atoms with Gasteiger partial charge in [0.15, 0.2) is 0 Å². The lowest BCUT2D eigenvalue weighted by Crippen LogP contribution is -2.33. The van der Waals surface area contributed by atoms with Gasteiger partial charge in [-0.3, -0.25) is 9.78 Å². The van der Waals surface area contributed by atoms with Crippen molar-refractivity contribution in [3.05, 3.63) is 60.3 Å². The number of sulfone groups is 1. The molecule has 1 saturated heterocycles. The van der Waals surface area contributed by atoms with E-state index in [1.54, 1.807) is 30.5 Å². The largest absolute Gasteiger partial charge is 0.501 e. The Morgan fingerprint density at radius 3 is 2.35 bits per heavy atom. The summed E-state index contributed by atoms with van der Waals surface area (Å²) in [5.41, 5.74) is -4.12. The molecule has 0 aliphatic carbocycles. The number of halogens is 3. The van der Waals surface area contributed by atoms with E-state index in [1.807, 2.05) is 0 Å². The molecule has 1 aliphatic heterocycles. The summed E-state index contributed by atoms with van der Waals surface area (Å²) in [5, 5.41) is 0.760. The van der Waals surface area contributed by atoms with E-state index in [-0.39, 0.29) is 12.2 Å². The van der Waals surface area contributed by atoms with Crippen molar-refractivity contribution in [1.82, 2.24) is 9.88 Å². The number of rotatable bonds is 5. The fourth-order valence-electron chi connectivity index (χ4n) is 3.69. The molecular weight excluding hydrogens is 475 g/mol. The Hall–Kier alpha value is -3.67. The molecule has 4 rings (SSSR count). The average molecular weight is 493 g/mol. The first-order chi connectivity index (χ1) is 16.0. The maximum atomic E-state index is 13.1. The monoisotopic (exact) mass is 493 g/mol. The number of pyridine rings is 1. The van der Waals surface area contributed by atoms with E-state index in [1.165, 1.54) is 18.9 Å². The highest BCUT2D eigenvalue weighted by molar-refractivity contribution is 7.92. The Bertz CT molecular complexity index is 1390. The van der Waals surface area contributed by atoms with Crippen molar-refractivity contribution in [3.8, 4) is 5.75 Å². The Kier molecular flexibility index (Phi) is 5.72. The number of amides is 3. The highest BCUT2D eigenvalue weighted by Gasteiger charge is 2.47. The topological polar surface area (TPSA) is 96.9 Å². The van der Waals surface area contributed by atoms with E-state index < -0.39 is 38.2 Å². The number of anilines is 1. The molecule has 1 atom stereocenters. The molecule has 34 heavy (non-hydrogen) atoms. The molecule has 12 heteroatoms. The molecule has 178 valence electrons. The summed E-state index contributed by atoms with van der Waals surface area (Å²) >= 11 is 0. The molecule has 3 aromatic rings. The molecule has 0 radical (unpaired) electrons. The first-order valence-corrected chi connectivity index (χ1v) is 11.4. The van der Waals surface area contributed by atoms with Crippen molar-refractivity contribution in [1.29, 1.82) is 0 Å². The van der Waals surface area contributed by atoms with Crippen LogP contribution in [0.1, 0.15) is 12.5 Å². The van der Waals surface area contributed by atoms with E-state index in [2.05, 4.69) is 4.98 Å². The van der Waals surface area contributed by atoms with Crippen LogP contribution in [0.25, 0.3) is 10.9 Å². The third kappa shape index (κ3) is 3.83. The quantitative estimate of drug-likeness (QED) is 0.501. The number of carbonyl (C=O) groups is 2. The standard InChI is InChI=1S/C22H18F3N3O5S/c1-13-20(29)28(15-3-6-17(7-4-15)34(31,32)22(23,24)25)21(30)27(13)12-14-9-10-26-19-11-16(33-2)5-8-18(14)19/h3-11,13H,12H2,1-2H3. The lowest BCUT2D eigenvalue weighted by atomic mass is 10.1. The molecular formula is C22H18F3N3O5S. The minimum atomic E-state index is -5.55. The number of methoxy groups -OCH3 is 1. The third-order valence-electron chi connectivity index (χ3n) is 5.57. The van der Waals surface area contributed by atoms with Gasteiger partial charge in [0.05, 0.1) is 23.2 Å². The van der Waals surface area contributed by atoms with Gasteiger partial charge < -0.3 is 9.64 Å². The molecule has 1 unspecified atom stereocenters. The van der Waals surface area contributed by atoms with Gasteiger partial charge in [-0.2, -0.15) is 13.2 Å². The Morgan fingerprint density at radius 1 is 1.06 bits per heavy atom. The average Bonchev–Trinajstić information content (AvgIpc) is 3.01. The summed E-state index contributed by atoms with van der Waals surface area (Å²) < 4.78 is 66.7. The van der Waals surface area contributed by atoms with Crippen molar-refractivity contribution in [2.24, 2.45) is 0 Å². The number of alkyl halides is 3. The predicted octanol–water partition coefficient (Wildman–Crippen LogP) is 3.89. The zero-order chi connectivity index (χ0) is 24.8. The molecule has 2 heterocycles. The van der Waals surface area contributed by atoms with Crippen molar-refractivity contribution in [3.63, 3.8) is 0 Å². The molecule has 2 aromatic carbocycles. The molecule has 0 spiro atoms. The highest BCUT2D eigenvalue weighted by Crippen LogP contribution is 2.33. The smallest absolute Gasteiger partial charge is 0.497 e. The van der Waals surface area contributed by atoms with Crippen LogP contribution in [0.2, 0.25) is 0 Å². The van der Waals surface area contributed by atoms with Crippen LogP contribution in [0.15, 0.2) is 59.6 Å². The first-order valence-electron chi connectivity index (χ1n) is 9.93. The van der Waals surface area contributed by atoms with Crippen molar-refractivity contribution in [2.45, 2.75) is 29.9 Å². The van der Waals surface area contributed by atoms with Gasteiger partial charge in [0, 0.05) is 24.2 Å². The molecule has 0 bridgehead atoms. The van der Waals surface area contributed by atoms with Gasteiger partial charge in [0.1, 0.15) is 11.8 Å². The minimum Gasteiger partial charge on any atom is -0.497 e. The molecule has 3 amide bonds. The van der Waals surface area contributed by atoms with Crippen molar-refractivity contribution < 1.29 is 35.9 Å². The molecule has 0 saturated carbocycles. The van der Waals surface area contributed by atoms with Gasteiger partial charge in [-0.05, 0) is 55.0 Å². The number of aromatic nitrogens is 1. The van der Waals surface area contributed by atoms with Crippen LogP contribution in [0.4, 0.5) is 23.7 Å². The summed E-state index contributed by atoms with van der Waals surface area (Å²) in [5.74, 6) is 0.0246. The molecule has 1 aliphatic rings. The number of hydrogen-bond donors (Lipinski definition) is 0. The van der Waals surface area contributed by atoms with Crippen LogP contribution in [-0.2, 0) is 21.2 Å². The SMILES string of the molecule is COc1ccc2c(CN3C(=O)N(c4ccc(S(=O)(=O)C(F)(F)F)cc4)C(=O)C3C)ccnc2c1. The number of urea groups is 1. The van der Waals surface area contributed by atoms with Crippen molar-refractivity contribution >= 4 is 38.4 Å². The summed E-state index contributed by atoms with van der Waals surface area (Å²) in [6.45, 7) is 1.61. The summed E-state index contributed by atoms with van der Waals surface area (Å²) in [4.78, 5) is 31.4. The minimum absolute atomic E-state index is 0.0326. The number of hydrogen-bond acceptors (Lipinski definition) is 6. The lowest BCUT2D eigenvalue weighted by molar-refractivity contribution is -0.119. The van der Waals surface area contributed by atoms with Gasteiger partial charge in [-0.15, -0.1) is 0 Å². The fourth-order valence-corrected chi connectivity index (χ4v) is 4.46. The number of benzene rings is 2. The highest BCUT2D eigenvalue weighted by atomic mass is 32.2. The van der Waals surface area contributed by atoms with Gasteiger partial charge in [-0.1, -0.05) is 0 Å². The van der Waals surface area contributed by atoms with Crippen LogP contribution >= 0.6 is 0 Å². The van der Waals surface area contributed by atoms with Crippen LogP contribution in [0, 0.1) is 0 Å². The Balaban J connectivity index is 1.63. The van der Waals surface area contributed by atoms with E-state index >= 15 is 0 Å². The fraction of sp³-hybridized carbons (Fsp3) is 0.227. The van der Waals surface area contributed by atoms with Crippen LogP contribution in [0.3, 0.4) is 0 Å². The van der Waals surface area contributed by atoms with Gasteiger partial charge in [0.2, 0.25) is 0 Å². The van der Waals surface area contributed by atoms with Gasteiger partial charge in [-0.25, -0.2) is 18.1 Å². The normalized spacial score (nSPS) is 17.0.